The van der Waals surface area contributed by atoms with Crippen molar-refractivity contribution in [2.45, 2.75) is 71.4 Å². The summed E-state index contributed by atoms with van der Waals surface area (Å²) >= 11 is 0. The minimum Gasteiger partial charge on any atom is -0.508 e. The summed E-state index contributed by atoms with van der Waals surface area (Å²) in [5, 5.41) is 20.3. The number of amides is 2. The number of hydrogen-bond donors (Lipinski definition) is 3. The lowest BCUT2D eigenvalue weighted by Crippen LogP contribution is -2.32. The quantitative estimate of drug-likeness (QED) is 0.180. The van der Waals surface area contributed by atoms with Crippen molar-refractivity contribution in [1.82, 2.24) is 15.1 Å². The topological polar surface area (TPSA) is 105 Å². The number of anilines is 1. The number of benzene rings is 3. The highest BCUT2D eigenvalue weighted by atomic mass is 16.6. The second-order valence-electron chi connectivity index (χ2n) is 12.4. The number of aromatic nitrogens is 2. The zero-order chi connectivity index (χ0) is 30.6. The average Bonchev–Trinajstić information content (AvgIpc) is 3.71. The number of nitrogens with one attached hydrogen (secondary N) is 2. The van der Waals surface area contributed by atoms with Crippen molar-refractivity contribution in [2.75, 3.05) is 5.32 Å². The number of ether oxygens (including phenoxy) is 1. The highest BCUT2D eigenvalue weighted by Gasteiger charge is 2.24. The van der Waals surface area contributed by atoms with Gasteiger partial charge in [-0.3, -0.25) is 4.79 Å². The molecule has 5 rings (SSSR count). The van der Waals surface area contributed by atoms with E-state index >= 15 is 0 Å². The summed E-state index contributed by atoms with van der Waals surface area (Å²) < 4.78 is 6.96. The molecule has 1 saturated carbocycles. The highest BCUT2D eigenvalue weighted by molar-refractivity contribution is 6.03. The van der Waals surface area contributed by atoms with Crippen LogP contribution in [0.4, 0.5) is 10.5 Å². The lowest BCUT2D eigenvalue weighted by Gasteiger charge is -2.20. The van der Waals surface area contributed by atoms with Gasteiger partial charge in [0.05, 0.1) is 11.4 Å². The zero-order valence-electron chi connectivity index (χ0n) is 25.3. The van der Waals surface area contributed by atoms with Crippen LogP contribution in [0.5, 0.6) is 5.75 Å². The van der Waals surface area contributed by atoms with E-state index in [1.807, 2.05) is 82.3 Å². The van der Waals surface area contributed by atoms with E-state index in [-0.39, 0.29) is 24.1 Å². The van der Waals surface area contributed by atoms with Crippen molar-refractivity contribution in [3.05, 3.63) is 107 Å². The van der Waals surface area contributed by atoms with Gasteiger partial charge in [0.25, 0.3) is 5.91 Å². The van der Waals surface area contributed by atoms with Gasteiger partial charge in [0.15, 0.2) is 0 Å². The molecule has 43 heavy (non-hydrogen) atoms. The molecule has 1 atom stereocenters. The van der Waals surface area contributed by atoms with E-state index in [1.165, 1.54) is 12.8 Å². The van der Waals surface area contributed by atoms with Crippen LogP contribution in [0, 0.1) is 12.8 Å². The van der Waals surface area contributed by atoms with Crippen molar-refractivity contribution in [3.63, 3.8) is 0 Å². The highest BCUT2D eigenvalue weighted by Crippen LogP contribution is 2.39. The molecule has 4 aromatic rings. The Kier molecular flexibility index (Phi) is 8.85. The SMILES string of the molecule is Cc1cc(C(=O)Nc2cccc(C(CCC3CC3)c3ccc(O)cc3)c2)n(-c2cccc(CNC(=O)OC(C)(C)C)c2)n1. The predicted molar refractivity (Wildman–Crippen MR) is 168 cm³/mol. The molecule has 8 nitrogen and oxygen atoms in total. The Balaban J connectivity index is 1.33. The fourth-order valence-corrected chi connectivity index (χ4v) is 5.21. The van der Waals surface area contributed by atoms with Crippen LogP contribution in [-0.4, -0.2) is 32.5 Å². The normalized spacial score (nSPS) is 13.8. The number of hydrogen-bond acceptors (Lipinski definition) is 5. The van der Waals surface area contributed by atoms with Gasteiger partial charge in [-0.2, -0.15) is 5.10 Å². The maximum Gasteiger partial charge on any atom is 0.407 e. The molecule has 3 N–H and O–H groups in total. The molecule has 0 saturated heterocycles. The van der Waals surface area contributed by atoms with Gasteiger partial charge in [-0.15, -0.1) is 0 Å². The molecule has 224 valence electrons. The fourth-order valence-electron chi connectivity index (χ4n) is 5.21. The summed E-state index contributed by atoms with van der Waals surface area (Å²) in [6.45, 7) is 7.59. The Bertz CT molecular complexity index is 1580. The number of aromatic hydroxyl groups is 1. The smallest absolute Gasteiger partial charge is 0.407 e. The molecule has 8 heteroatoms. The Hall–Kier alpha value is -4.59. The van der Waals surface area contributed by atoms with Gasteiger partial charge in [-0.05, 0) is 106 Å². The third kappa shape index (κ3) is 8.25. The van der Waals surface area contributed by atoms with Gasteiger partial charge >= 0.3 is 6.09 Å². The number of nitrogens with zero attached hydrogens (tertiary/aromatic N) is 2. The first-order chi connectivity index (χ1) is 20.5. The minimum atomic E-state index is -0.580. The number of phenols is 1. The third-order valence-electron chi connectivity index (χ3n) is 7.46. The largest absolute Gasteiger partial charge is 0.508 e. The number of phenolic OH excluding ortho intramolecular Hbond substituents is 1. The number of alkyl carbamates (subject to hydrolysis) is 1. The summed E-state index contributed by atoms with van der Waals surface area (Å²) in [6, 6.07) is 24.7. The monoisotopic (exact) mass is 580 g/mol. The van der Waals surface area contributed by atoms with Crippen molar-refractivity contribution < 1.29 is 19.4 Å². The maximum atomic E-state index is 13.6. The molecule has 1 aromatic heterocycles. The molecule has 1 aliphatic rings. The van der Waals surface area contributed by atoms with Crippen molar-refractivity contribution in [2.24, 2.45) is 5.92 Å². The fraction of sp³-hybridized carbons (Fsp3) is 0.343. The van der Waals surface area contributed by atoms with Crippen LogP contribution in [0.25, 0.3) is 5.69 Å². The molecular formula is C35H40N4O4. The molecule has 2 amide bonds. The first-order valence-corrected chi connectivity index (χ1v) is 14.9. The average molecular weight is 581 g/mol. The standard InChI is InChI=1S/C35H40N4O4/c1-23-19-32(39(38-23)29-10-5-7-25(20-29)22-36-34(42)43-35(2,3)4)33(41)37-28-9-6-8-27(21-28)31(18-13-24-11-12-24)26-14-16-30(40)17-15-26/h5-10,14-17,19-21,24,31,40H,11-13,18,22H2,1-4H3,(H,36,42)(H,37,41). The number of aryl methyl sites for hydroxylation is 1. The molecule has 1 heterocycles. The second kappa shape index (κ2) is 12.7. The van der Waals surface area contributed by atoms with E-state index in [0.29, 0.717) is 22.8 Å². The van der Waals surface area contributed by atoms with Crippen LogP contribution in [0.2, 0.25) is 0 Å². The van der Waals surface area contributed by atoms with Crippen LogP contribution in [-0.2, 0) is 11.3 Å². The van der Waals surface area contributed by atoms with Crippen molar-refractivity contribution in [3.8, 4) is 11.4 Å². The molecule has 1 aliphatic carbocycles. The summed E-state index contributed by atoms with van der Waals surface area (Å²) in [6.07, 6.45) is 4.28. The van der Waals surface area contributed by atoms with Gasteiger partial charge in [-0.25, -0.2) is 9.48 Å². The Morgan fingerprint density at radius 1 is 1.00 bits per heavy atom. The molecule has 0 radical (unpaired) electrons. The van der Waals surface area contributed by atoms with E-state index in [9.17, 15) is 14.7 Å². The van der Waals surface area contributed by atoms with Crippen LogP contribution < -0.4 is 10.6 Å². The molecule has 1 unspecified atom stereocenters. The molecule has 0 spiro atoms. The number of carbonyl (C=O) groups is 2. The van der Waals surface area contributed by atoms with Gasteiger partial charge in [0, 0.05) is 18.2 Å². The van der Waals surface area contributed by atoms with E-state index in [0.717, 1.165) is 35.4 Å². The van der Waals surface area contributed by atoms with Crippen LogP contribution in [0.3, 0.4) is 0 Å². The first-order valence-electron chi connectivity index (χ1n) is 14.9. The van der Waals surface area contributed by atoms with Crippen LogP contribution >= 0.6 is 0 Å². The number of rotatable bonds is 10. The van der Waals surface area contributed by atoms with Crippen molar-refractivity contribution >= 4 is 17.7 Å². The lowest BCUT2D eigenvalue weighted by molar-refractivity contribution is 0.0523. The number of carbonyl (C=O) groups excluding carboxylic acids is 2. The Morgan fingerprint density at radius 2 is 1.74 bits per heavy atom. The Morgan fingerprint density at radius 3 is 2.47 bits per heavy atom. The molecular weight excluding hydrogens is 540 g/mol. The summed E-state index contributed by atoms with van der Waals surface area (Å²) in [4.78, 5) is 25.7. The third-order valence-corrected chi connectivity index (χ3v) is 7.46. The minimum absolute atomic E-state index is 0.169. The van der Waals surface area contributed by atoms with Gasteiger partial charge in [0.2, 0.25) is 0 Å². The molecule has 0 bridgehead atoms. The summed E-state index contributed by atoms with van der Waals surface area (Å²) in [7, 11) is 0. The van der Waals surface area contributed by atoms with Crippen molar-refractivity contribution in [1.29, 1.82) is 0 Å². The molecule has 3 aromatic carbocycles. The van der Waals surface area contributed by atoms with Gasteiger partial charge in [0.1, 0.15) is 17.0 Å². The second-order valence-corrected chi connectivity index (χ2v) is 12.4. The Labute approximate surface area is 253 Å². The van der Waals surface area contributed by atoms with Crippen LogP contribution in [0.1, 0.15) is 85.2 Å². The molecule has 1 fully saturated rings. The van der Waals surface area contributed by atoms with E-state index in [1.54, 1.807) is 22.9 Å². The van der Waals surface area contributed by atoms with E-state index < -0.39 is 11.7 Å². The molecule has 0 aliphatic heterocycles. The van der Waals surface area contributed by atoms with Gasteiger partial charge in [-0.1, -0.05) is 49.2 Å². The summed E-state index contributed by atoms with van der Waals surface area (Å²) in [5.74, 6) is 0.956. The lowest BCUT2D eigenvalue weighted by atomic mass is 9.86. The predicted octanol–water partition coefficient (Wildman–Crippen LogP) is 7.49. The van der Waals surface area contributed by atoms with E-state index in [2.05, 4.69) is 21.8 Å². The summed E-state index contributed by atoms with van der Waals surface area (Å²) in [5.41, 5.74) is 5.08. The first kappa shape index (κ1) is 29.9. The van der Waals surface area contributed by atoms with Crippen LogP contribution in [0.15, 0.2) is 78.9 Å². The van der Waals surface area contributed by atoms with Gasteiger partial charge < -0.3 is 20.5 Å². The maximum absolute atomic E-state index is 13.6. The zero-order valence-corrected chi connectivity index (χ0v) is 25.3. The van der Waals surface area contributed by atoms with E-state index in [4.69, 9.17) is 4.74 Å².